The fourth-order valence-corrected chi connectivity index (χ4v) is 2.97. The molecule has 4 heteroatoms. The van der Waals surface area contributed by atoms with E-state index in [2.05, 4.69) is 11.4 Å². The number of furan rings is 1. The zero-order valence-electron chi connectivity index (χ0n) is 11.2. The number of ether oxygens (including phenoxy) is 2. The Balaban J connectivity index is 1.58. The fraction of sp³-hybridized carbons (Fsp3) is 0.375. The van der Waals surface area contributed by atoms with E-state index >= 15 is 0 Å². The third-order valence-electron chi connectivity index (χ3n) is 3.94. The van der Waals surface area contributed by atoms with Crippen molar-refractivity contribution in [2.75, 3.05) is 18.5 Å². The van der Waals surface area contributed by atoms with Gasteiger partial charge in [-0.05, 0) is 31.0 Å². The van der Waals surface area contributed by atoms with Gasteiger partial charge in [-0.1, -0.05) is 0 Å². The average molecular weight is 271 g/mol. The quantitative estimate of drug-likeness (QED) is 0.907. The number of benzene rings is 1. The number of hydrogen-bond acceptors (Lipinski definition) is 4. The van der Waals surface area contributed by atoms with Gasteiger partial charge in [-0.3, -0.25) is 0 Å². The van der Waals surface area contributed by atoms with Gasteiger partial charge in [0.15, 0.2) is 11.5 Å². The van der Waals surface area contributed by atoms with Crippen LogP contribution in [0, 0.1) is 0 Å². The molecule has 2 aliphatic rings. The summed E-state index contributed by atoms with van der Waals surface area (Å²) in [6.45, 7) is 1.24. The van der Waals surface area contributed by atoms with Gasteiger partial charge in [-0.25, -0.2) is 0 Å². The maximum atomic E-state index is 5.62. The standard InChI is InChI=1S/C16H17NO3/c1-2-13(12-6-7-18-14(12)3-1)17-11-4-5-15-16(10-11)20-9-8-19-15/h4-7,10,13,17H,1-3,8-9H2. The van der Waals surface area contributed by atoms with E-state index in [1.165, 1.54) is 5.56 Å². The molecule has 1 aliphatic heterocycles. The Hall–Kier alpha value is -2.10. The molecule has 0 amide bonds. The molecule has 0 saturated heterocycles. The molecule has 0 saturated carbocycles. The van der Waals surface area contributed by atoms with Crippen molar-refractivity contribution in [2.24, 2.45) is 0 Å². The van der Waals surface area contributed by atoms with Gasteiger partial charge in [-0.15, -0.1) is 0 Å². The first-order valence-electron chi connectivity index (χ1n) is 7.12. The van der Waals surface area contributed by atoms with Crippen LogP contribution in [0.3, 0.4) is 0 Å². The van der Waals surface area contributed by atoms with Crippen LogP contribution in [0.25, 0.3) is 0 Å². The summed E-state index contributed by atoms with van der Waals surface area (Å²) < 4.78 is 16.7. The van der Waals surface area contributed by atoms with Gasteiger partial charge >= 0.3 is 0 Å². The Bertz CT molecular complexity index is 620. The summed E-state index contributed by atoms with van der Waals surface area (Å²) in [6.07, 6.45) is 5.11. The highest BCUT2D eigenvalue weighted by molar-refractivity contribution is 5.56. The second-order valence-electron chi connectivity index (χ2n) is 5.25. The lowest BCUT2D eigenvalue weighted by atomic mass is 9.93. The highest BCUT2D eigenvalue weighted by atomic mass is 16.6. The summed E-state index contributed by atoms with van der Waals surface area (Å²) in [5, 5.41) is 3.58. The highest BCUT2D eigenvalue weighted by Crippen LogP contribution is 2.36. The maximum Gasteiger partial charge on any atom is 0.163 e. The molecule has 1 aliphatic carbocycles. The summed E-state index contributed by atoms with van der Waals surface area (Å²) in [5.74, 6) is 2.77. The molecule has 1 atom stereocenters. The maximum absolute atomic E-state index is 5.62. The number of fused-ring (bicyclic) bond motifs is 2. The van der Waals surface area contributed by atoms with Crippen molar-refractivity contribution in [3.63, 3.8) is 0 Å². The zero-order valence-corrected chi connectivity index (χ0v) is 11.2. The van der Waals surface area contributed by atoms with Gasteiger partial charge < -0.3 is 19.2 Å². The molecule has 0 bridgehead atoms. The lowest BCUT2D eigenvalue weighted by Gasteiger charge is -2.25. The van der Waals surface area contributed by atoms with E-state index in [0.717, 1.165) is 42.2 Å². The van der Waals surface area contributed by atoms with Crippen molar-refractivity contribution < 1.29 is 13.9 Å². The van der Waals surface area contributed by atoms with Crippen LogP contribution in [0.1, 0.15) is 30.2 Å². The number of nitrogens with one attached hydrogen (secondary N) is 1. The molecular formula is C16H17NO3. The summed E-state index contributed by atoms with van der Waals surface area (Å²) in [4.78, 5) is 0. The molecule has 4 nitrogen and oxygen atoms in total. The number of rotatable bonds is 2. The van der Waals surface area contributed by atoms with Crippen molar-refractivity contribution in [3.05, 3.63) is 41.9 Å². The van der Waals surface area contributed by atoms with Crippen LogP contribution in [0.2, 0.25) is 0 Å². The first kappa shape index (κ1) is 11.7. The predicted octanol–water partition coefficient (Wildman–Crippen LogP) is 3.54. The molecule has 1 aromatic heterocycles. The van der Waals surface area contributed by atoms with Crippen LogP contribution < -0.4 is 14.8 Å². The van der Waals surface area contributed by atoms with Crippen LogP contribution in [0.5, 0.6) is 11.5 Å². The van der Waals surface area contributed by atoms with E-state index in [9.17, 15) is 0 Å². The predicted molar refractivity (Wildman–Crippen MR) is 75.4 cm³/mol. The normalized spacial score (nSPS) is 20.3. The summed E-state index contributed by atoms with van der Waals surface area (Å²) in [6, 6.07) is 8.42. The van der Waals surface area contributed by atoms with E-state index in [4.69, 9.17) is 13.9 Å². The van der Waals surface area contributed by atoms with Crippen molar-refractivity contribution in [1.82, 2.24) is 0 Å². The lowest BCUT2D eigenvalue weighted by Crippen LogP contribution is -2.17. The highest BCUT2D eigenvalue weighted by Gasteiger charge is 2.23. The van der Waals surface area contributed by atoms with E-state index in [1.54, 1.807) is 6.26 Å². The molecule has 2 heterocycles. The first-order chi connectivity index (χ1) is 9.90. The topological polar surface area (TPSA) is 43.6 Å². The first-order valence-corrected chi connectivity index (χ1v) is 7.12. The molecule has 1 aromatic carbocycles. The van der Waals surface area contributed by atoms with Crippen LogP contribution in [0.15, 0.2) is 34.9 Å². The van der Waals surface area contributed by atoms with E-state index < -0.39 is 0 Å². The second-order valence-corrected chi connectivity index (χ2v) is 5.25. The Morgan fingerprint density at radius 2 is 1.95 bits per heavy atom. The van der Waals surface area contributed by atoms with E-state index in [-0.39, 0.29) is 0 Å². The summed E-state index contributed by atoms with van der Waals surface area (Å²) in [7, 11) is 0. The Labute approximate surface area is 117 Å². The van der Waals surface area contributed by atoms with E-state index in [0.29, 0.717) is 19.3 Å². The molecule has 20 heavy (non-hydrogen) atoms. The monoisotopic (exact) mass is 271 g/mol. The smallest absolute Gasteiger partial charge is 0.163 e. The molecule has 2 aromatic rings. The number of anilines is 1. The van der Waals surface area contributed by atoms with Crippen molar-refractivity contribution >= 4 is 5.69 Å². The molecule has 1 unspecified atom stereocenters. The largest absolute Gasteiger partial charge is 0.486 e. The third kappa shape index (κ3) is 2.01. The minimum Gasteiger partial charge on any atom is -0.486 e. The number of aryl methyl sites for hydroxylation is 1. The SMILES string of the molecule is c1cc2c(o1)CCCC2Nc1ccc2c(c1)OCCO2. The molecule has 1 N–H and O–H groups in total. The van der Waals surface area contributed by atoms with Crippen molar-refractivity contribution in [1.29, 1.82) is 0 Å². The zero-order chi connectivity index (χ0) is 13.4. The molecule has 0 radical (unpaired) electrons. The van der Waals surface area contributed by atoms with Crippen molar-refractivity contribution in [3.8, 4) is 11.5 Å². The lowest BCUT2D eigenvalue weighted by molar-refractivity contribution is 0.171. The van der Waals surface area contributed by atoms with Gasteiger partial charge in [0, 0.05) is 23.7 Å². The fourth-order valence-electron chi connectivity index (χ4n) is 2.97. The average Bonchev–Trinajstić information content (AvgIpc) is 2.97. The molecule has 0 spiro atoms. The summed E-state index contributed by atoms with van der Waals surface area (Å²) in [5.41, 5.74) is 2.35. The second kappa shape index (κ2) is 4.78. The molecular weight excluding hydrogens is 254 g/mol. The third-order valence-corrected chi connectivity index (χ3v) is 3.94. The Morgan fingerprint density at radius 3 is 2.90 bits per heavy atom. The van der Waals surface area contributed by atoms with E-state index in [1.807, 2.05) is 18.2 Å². The van der Waals surface area contributed by atoms with Crippen molar-refractivity contribution in [2.45, 2.75) is 25.3 Å². The Morgan fingerprint density at radius 1 is 1.05 bits per heavy atom. The van der Waals surface area contributed by atoms with Gasteiger partial charge in [0.25, 0.3) is 0 Å². The Kier molecular flexibility index (Phi) is 2.80. The van der Waals surface area contributed by atoms with Crippen LogP contribution in [0.4, 0.5) is 5.69 Å². The van der Waals surface area contributed by atoms with Gasteiger partial charge in [0.1, 0.15) is 19.0 Å². The molecule has 104 valence electrons. The van der Waals surface area contributed by atoms with Crippen LogP contribution >= 0.6 is 0 Å². The minimum absolute atomic E-state index is 0.319. The van der Waals surface area contributed by atoms with Gasteiger partial charge in [0.2, 0.25) is 0 Å². The van der Waals surface area contributed by atoms with Gasteiger partial charge in [-0.2, -0.15) is 0 Å². The minimum atomic E-state index is 0.319. The molecule has 4 rings (SSSR count). The van der Waals surface area contributed by atoms with Crippen LogP contribution in [-0.4, -0.2) is 13.2 Å². The van der Waals surface area contributed by atoms with Gasteiger partial charge in [0.05, 0.1) is 12.3 Å². The molecule has 0 fully saturated rings. The summed E-state index contributed by atoms with van der Waals surface area (Å²) >= 11 is 0. The number of hydrogen-bond donors (Lipinski definition) is 1. The van der Waals surface area contributed by atoms with Crippen LogP contribution in [-0.2, 0) is 6.42 Å².